The fourth-order valence-corrected chi connectivity index (χ4v) is 4.78. The van der Waals surface area contributed by atoms with E-state index in [-0.39, 0.29) is 18.1 Å². The van der Waals surface area contributed by atoms with Crippen molar-refractivity contribution in [2.75, 3.05) is 6.61 Å². The number of benzene rings is 2. The van der Waals surface area contributed by atoms with Gasteiger partial charge in [0.25, 0.3) is 0 Å². The van der Waals surface area contributed by atoms with E-state index in [9.17, 15) is 35.7 Å². The van der Waals surface area contributed by atoms with Crippen molar-refractivity contribution in [3.8, 4) is 11.5 Å². The molecule has 5 rings (SSSR count). The van der Waals surface area contributed by atoms with Crippen molar-refractivity contribution in [1.29, 1.82) is 0 Å². The molecule has 3 aliphatic heterocycles. The van der Waals surface area contributed by atoms with Crippen LogP contribution in [0.3, 0.4) is 0 Å². The van der Waals surface area contributed by atoms with Gasteiger partial charge in [0.05, 0.1) is 19.0 Å². The van der Waals surface area contributed by atoms with Gasteiger partial charge in [-0.25, -0.2) is 0 Å². The van der Waals surface area contributed by atoms with Crippen LogP contribution in [-0.4, -0.2) is 104 Å². The molecule has 0 spiro atoms. The van der Waals surface area contributed by atoms with Crippen LogP contribution in [-0.2, 0) is 20.8 Å². The van der Waals surface area contributed by atoms with Gasteiger partial charge in [0.2, 0.25) is 12.6 Å². The second-order valence-corrected chi connectivity index (χ2v) is 9.32. The van der Waals surface area contributed by atoms with Crippen molar-refractivity contribution in [2.45, 2.75) is 74.9 Å². The lowest BCUT2D eigenvalue weighted by Gasteiger charge is -2.40. The monoisotopic (exact) mass is 522 g/mol. The van der Waals surface area contributed by atoms with Crippen LogP contribution in [0.5, 0.6) is 11.5 Å². The Morgan fingerprint density at radius 3 is 2.05 bits per heavy atom. The first-order chi connectivity index (χ1) is 17.7. The number of rotatable bonds is 5. The summed E-state index contributed by atoms with van der Waals surface area (Å²) in [7, 11) is 0. The smallest absolute Gasteiger partial charge is 0.229 e. The zero-order valence-corrected chi connectivity index (χ0v) is 19.8. The molecule has 0 saturated carbocycles. The van der Waals surface area contributed by atoms with E-state index >= 15 is 0 Å². The fraction of sp³-hybridized carbons (Fsp3) is 0.520. The molecule has 7 N–H and O–H groups in total. The van der Waals surface area contributed by atoms with Gasteiger partial charge < -0.3 is 59.4 Å². The molecule has 37 heavy (non-hydrogen) atoms. The fourth-order valence-electron chi connectivity index (χ4n) is 4.78. The maximum absolute atomic E-state index is 10.5. The number of aliphatic hydroxyl groups is 7. The van der Waals surface area contributed by atoms with Crippen LogP contribution in [0.15, 0.2) is 30.5 Å². The van der Waals surface area contributed by atoms with E-state index in [0.717, 1.165) is 0 Å². The molecular weight excluding hydrogens is 492 g/mol. The van der Waals surface area contributed by atoms with Crippen LogP contribution in [0, 0.1) is 0 Å². The topological polar surface area (TPSA) is 188 Å². The molecule has 0 amide bonds. The number of hydrogen-bond acceptors (Lipinski definition) is 12. The highest BCUT2D eigenvalue weighted by molar-refractivity contribution is 5.98. The molecule has 3 aliphatic rings. The van der Waals surface area contributed by atoms with Gasteiger partial charge in [-0.2, -0.15) is 0 Å². The lowest BCUT2D eigenvalue weighted by Crippen LogP contribution is -2.60. The second kappa shape index (κ2) is 10.3. The van der Waals surface area contributed by atoms with E-state index in [1.165, 1.54) is 6.26 Å². The van der Waals surface area contributed by atoms with E-state index in [1.807, 2.05) is 0 Å². The summed E-state index contributed by atoms with van der Waals surface area (Å²) < 4.78 is 28.9. The number of fused-ring (bicyclic) bond motifs is 2. The van der Waals surface area contributed by atoms with E-state index in [1.54, 1.807) is 37.3 Å². The average molecular weight is 523 g/mol. The maximum atomic E-state index is 10.5. The van der Waals surface area contributed by atoms with Gasteiger partial charge in [-0.1, -0.05) is 24.3 Å². The average Bonchev–Trinajstić information content (AvgIpc) is 2.91. The normalized spacial score (nSPS) is 37.6. The summed E-state index contributed by atoms with van der Waals surface area (Å²) in [6.07, 6.45) is -10.7. The first kappa shape index (κ1) is 26.1. The Kier molecular flexibility index (Phi) is 7.29. The molecule has 2 aromatic rings. The van der Waals surface area contributed by atoms with Crippen LogP contribution >= 0.6 is 0 Å². The van der Waals surface area contributed by atoms with E-state index in [2.05, 4.69) is 0 Å². The summed E-state index contributed by atoms with van der Waals surface area (Å²) in [4.78, 5) is 0. The Labute approximate surface area is 211 Å². The molecule has 12 heteroatoms. The molecule has 0 aromatic heterocycles. The summed E-state index contributed by atoms with van der Waals surface area (Å²) in [5.74, 6) is 0.548. The lowest BCUT2D eigenvalue weighted by molar-refractivity contribution is -0.277. The lowest BCUT2D eigenvalue weighted by atomic mass is 9.96. The molecule has 2 fully saturated rings. The molecule has 0 radical (unpaired) electrons. The minimum absolute atomic E-state index is 0.0423. The minimum Gasteiger partial charge on any atom is -0.496 e. The molecule has 10 atom stereocenters. The Bertz CT molecular complexity index is 1150. The largest absolute Gasteiger partial charge is 0.496 e. The molecule has 202 valence electrons. The summed E-state index contributed by atoms with van der Waals surface area (Å²) in [5, 5.41) is 72.2. The predicted molar refractivity (Wildman–Crippen MR) is 125 cm³/mol. The Balaban J connectivity index is 1.57. The van der Waals surface area contributed by atoms with E-state index < -0.39 is 68.0 Å². The quantitative estimate of drug-likeness (QED) is 0.247. The van der Waals surface area contributed by atoms with Gasteiger partial charge in [-0.05, 0) is 13.0 Å². The zero-order chi connectivity index (χ0) is 26.4. The third kappa shape index (κ3) is 4.54. The number of ether oxygens (including phenoxy) is 5. The van der Waals surface area contributed by atoms with Crippen molar-refractivity contribution >= 4 is 16.8 Å². The minimum atomic E-state index is -1.62. The zero-order valence-electron chi connectivity index (χ0n) is 19.8. The van der Waals surface area contributed by atoms with Crippen molar-refractivity contribution in [2.24, 2.45) is 0 Å². The van der Waals surface area contributed by atoms with Gasteiger partial charge >= 0.3 is 0 Å². The van der Waals surface area contributed by atoms with Crippen molar-refractivity contribution in [1.82, 2.24) is 0 Å². The van der Waals surface area contributed by atoms with Crippen LogP contribution in [0.25, 0.3) is 16.8 Å². The molecule has 2 aromatic carbocycles. The Morgan fingerprint density at radius 2 is 1.38 bits per heavy atom. The molecule has 3 heterocycles. The molecule has 12 nitrogen and oxygen atoms in total. The van der Waals surface area contributed by atoms with Crippen LogP contribution in [0.2, 0.25) is 0 Å². The first-order valence-corrected chi connectivity index (χ1v) is 11.9. The molecular formula is C25H30O12. The standard InChI is InChI=1S/C25H30O12/c1-10-16(27)18(29)20(31)24(34-10)37-23-12-5-3-2-4-11(12)22(13-6-7-33-9-14(13)23)36-25-21(32)19(30)17(28)15(8-26)35-25/h2-7,10,15-21,24-32H,8-9H2,1H3. The van der Waals surface area contributed by atoms with Crippen LogP contribution in [0.4, 0.5) is 0 Å². The molecule has 2 saturated heterocycles. The molecule has 10 unspecified atom stereocenters. The third-order valence-electron chi connectivity index (χ3n) is 6.94. The van der Waals surface area contributed by atoms with E-state index in [0.29, 0.717) is 21.9 Å². The van der Waals surface area contributed by atoms with Gasteiger partial charge in [0.1, 0.15) is 60.8 Å². The highest BCUT2D eigenvalue weighted by Gasteiger charge is 2.46. The van der Waals surface area contributed by atoms with Gasteiger partial charge in [-0.15, -0.1) is 0 Å². The number of hydrogen-bond donors (Lipinski definition) is 7. The van der Waals surface area contributed by atoms with Crippen molar-refractivity contribution < 1.29 is 59.4 Å². The maximum Gasteiger partial charge on any atom is 0.229 e. The Hall–Kier alpha value is -2.52. The summed E-state index contributed by atoms with van der Waals surface area (Å²) >= 11 is 0. The number of aliphatic hydroxyl groups excluding tert-OH is 7. The second-order valence-electron chi connectivity index (χ2n) is 9.32. The van der Waals surface area contributed by atoms with Crippen molar-refractivity contribution in [3.63, 3.8) is 0 Å². The predicted octanol–water partition coefficient (Wildman–Crippen LogP) is -1.27. The first-order valence-electron chi connectivity index (χ1n) is 11.9. The summed E-state index contributed by atoms with van der Waals surface area (Å²) in [6.45, 7) is 0.987. The Morgan fingerprint density at radius 1 is 0.784 bits per heavy atom. The SMILES string of the molecule is CC1OC(Oc2c3c(c(OC4OC(CO)C(O)C(O)C4O)c4ccccc24)C=COC3)C(O)C(O)C1O. The van der Waals surface area contributed by atoms with Crippen molar-refractivity contribution in [3.05, 3.63) is 41.7 Å². The van der Waals surface area contributed by atoms with Gasteiger partial charge in [0, 0.05) is 21.9 Å². The third-order valence-corrected chi connectivity index (χ3v) is 6.94. The van der Waals surface area contributed by atoms with Gasteiger partial charge in [-0.3, -0.25) is 0 Å². The van der Waals surface area contributed by atoms with E-state index in [4.69, 9.17) is 23.7 Å². The highest BCUT2D eigenvalue weighted by atomic mass is 16.7. The summed E-state index contributed by atoms with van der Waals surface area (Å²) in [6, 6.07) is 6.95. The van der Waals surface area contributed by atoms with Crippen LogP contribution < -0.4 is 9.47 Å². The highest BCUT2D eigenvalue weighted by Crippen LogP contribution is 2.45. The molecule has 0 bridgehead atoms. The van der Waals surface area contributed by atoms with Gasteiger partial charge in [0.15, 0.2) is 0 Å². The van der Waals surface area contributed by atoms with Crippen LogP contribution in [0.1, 0.15) is 18.1 Å². The summed E-state index contributed by atoms with van der Waals surface area (Å²) in [5.41, 5.74) is 1.00. The molecule has 0 aliphatic carbocycles.